The molecule has 2 amide bonds. The molecular weight excluding hydrogens is 356 g/mol. The van der Waals surface area contributed by atoms with Crippen molar-refractivity contribution in [1.82, 2.24) is 10.2 Å². The molecule has 0 aliphatic carbocycles. The van der Waals surface area contributed by atoms with Crippen LogP contribution in [0.1, 0.15) is 18.4 Å². The maximum absolute atomic E-state index is 11.9. The highest BCUT2D eigenvalue weighted by atomic mass is 16.6. The van der Waals surface area contributed by atoms with E-state index in [2.05, 4.69) is 10.1 Å². The molecule has 1 aliphatic rings. The van der Waals surface area contributed by atoms with Gasteiger partial charge in [0.25, 0.3) is 0 Å². The van der Waals surface area contributed by atoms with E-state index in [9.17, 15) is 14.4 Å². The van der Waals surface area contributed by atoms with E-state index in [-0.39, 0.29) is 25.9 Å². The Balaban J connectivity index is 1.79. The molecule has 1 heterocycles. The van der Waals surface area contributed by atoms with Gasteiger partial charge in [0.05, 0.1) is 26.4 Å². The van der Waals surface area contributed by atoms with E-state index < -0.39 is 24.2 Å². The average Bonchev–Trinajstić information content (AvgIpc) is 3.14. The molecule has 1 aromatic carbocycles. The van der Waals surface area contributed by atoms with E-state index in [0.29, 0.717) is 13.0 Å². The minimum Gasteiger partial charge on any atom is -0.467 e. The second kappa shape index (κ2) is 10.4. The molecule has 0 radical (unpaired) electrons. The van der Waals surface area contributed by atoms with Crippen molar-refractivity contribution in [2.75, 3.05) is 26.9 Å². The monoisotopic (exact) mass is 380 g/mol. The molecule has 0 aromatic heterocycles. The Morgan fingerprint density at radius 2 is 2.04 bits per heavy atom. The Kier molecular flexibility index (Phi) is 7.87. The Morgan fingerprint density at radius 1 is 1.30 bits per heavy atom. The van der Waals surface area contributed by atoms with E-state index in [0.717, 1.165) is 12.0 Å². The van der Waals surface area contributed by atoms with Crippen LogP contribution in [0.15, 0.2) is 30.3 Å². The van der Waals surface area contributed by atoms with Gasteiger partial charge in [-0.1, -0.05) is 30.3 Å². The van der Waals surface area contributed by atoms with Crippen LogP contribution in [0.3, 0.4) is 0 Å². The fourth-order valence-corrected chi connectivity index (χ4v) is 2.80. The van der Waals surface area contributed by atoms with Crippen molar-refractivity contribution in [1.29, 1.82) is 0 Å². The maximum atomic E-state index is 11.9. The number of carbonyl (C=O) groups is 3. The minimum absolute atomic E-state index is 0.0665. The number of methoxy groups -OCH3 is 1. The van der Waals surface area contributed by atoms with E-state index in [1.807, 2.05) is 30.3 Å². The quantitative estimate of drug-likeness (QED) is 0.659. The van der Waals surface area contributed by atoms with E-state index in [1.165, 1.54) is 12.0 Å². The van der Waals surface area contributed by atoms with Crippen molar-refractivity contribution >= 4 is 18.2 Å². The molecule has 2 rings (SSSR count). The molecule has 1 saturated heterocycles. The van der Waals surface area contributed by atoms with E-state index >= 15 is 0 Å². The lowest BCUT2D eigenvalue weighted by Crippen LogP contribution is -2.46. The zero-order chi connectivity index (χ0) is 19.6. The summed E-state index contributed by atoms with van der Waals surface area (Å²) in [6.45, 7) is 0.530. The van der Waals surface area contributed by atoms with Gasteiger partial charge in [0.15, 0.2) is 6.04 Å². The van der Waals surface area contributed by atoms with E-state index in [1.54, 1.807) is 0 Å². The molecule has 0 spiro atoms. The van der Waals surface area contributed by atoms with Crippen LogP contribution in [0.2, 0.25) is 0 Å². The topological polar surface area (TPSA) is 114 Å². The van der Waals surface area contributed by atoms with Crippen molar-refractivity contribution in [3.05, 3.63) is 35.9 Å². The molecule has 9 heteroatoms. The summed E-state index contributed by atoms with van der Waals surface area (Å²) in [5.41, 5.74) is 0.813. The number of ether oxygens (including phenoxy) is 3. The van der Waals surface area contributed by atoms with Crippen LogP contribution >= 0.6 is 0 Å². The molecule has 2 N–H and O–H groups in total. The van der Waals surface area contributed by atoms with Crippen LogP contribution in [0.25, 0.3) is 0 Å². The Morgan fingerprint density at radius 3 is 2.70 bits per heavy atom. The Bertz CT molecular complexity index is 638. The van der Waals surface area contributed by atoms with Gasteiger partial charge in [-0.05, 0) is 18.4 Å². The number of hydrogen-bond acceptors (Lipinski definition) is 6. The number of benzene rings is 1. The average molecular weight is 380 g/mol. The Labute approximate surface area is 157 Å². The first-order valence-electron chi connectivity index (χ1n) is 8.63. The van der Waals surface area contributed by atoms with Gasteiger partial charge in [0.1, 0.15) is 6.61 Å². The summed E-state index contributed by atoms with van der Waals surface area (Å²) < 4.78 is 15.2. The summed E-state index contributed by atoms with van der Waals surface area (Å²) in [7, 11) is 1.20. The predicted octanol–water partition coefficient (Wildman–Crippen LogP) is 1.61. The summed E-state index contributed by atoms with van der Waals surface area (Å²) >= 11 is 0. The van der Waals surface area contributed by atoms with Gasteiger partial charge < -0.3 is 29.5 Å². The van der Waals surface area contributed by atoms with Crippen molar-refractivity contribution < 1.29 is 33.7 Å². The predicted molar refractivity (Wildman–Crippen MR) is 94.1 cm³/mol. The van der Waals surface area contributed by atoms with Crippen LogP contribution in [-0.2, 0) is 25.6 Å². The molecule has 1 aliphatic heterocycles. The van der Waals surface area contributed by atoms with Gasteiger partial charge in [-0.2, -0.15) is 0 Å². The number of esters is 1. The number of amides is 2. The molecule has 9 nitrogen and oxygen atoms in total. The molecule has 0 bridgehead atoms. The van der Waals surface area contributed by atoms with Crippen molar-refractivity contribution in [2.45, 2.75) is 31.5 Å². The molecule has 1 fully saturated rings. The zero-order valence-corrected chi connectivity index (χ0v) is 15.1. The molecule has 27 heavy (non-hydrogen) atoms. The molecule has 1 aromatic rings. The normalized spacial score (nSPS) is 17.2. The molecule has 0 saturated carbocycles. The fourth-order valence-electron chi connectivity index (χ4n) is 2.80. The number of alkyl carbamates (subject to hydrolysis) is 1. The first-order valence-corrected chi connectivity index (χ1v) is 8.63. The molecule has 0 unspecified atom stereocenters. The third-order valence-electron chi connectivity index (χ3n) is 4.21. The summed E-state index contributed by atoms with van der Waals surface area (Å²) in [5, 5.41) is 11.5. The summed E-state index contributed by atoms with van der Waals surface area (Å²) in [6.07, 6.45) is -0.300. The van der Waals surface area contributed by atoms with Crippen molar-refractivity contribution in [3.63, 3.8) is 0 Å². The maximum Gasteiger partial charge on any atom is 0.408 e. The van der Waals surface area contributed by atoms with Crippen molar-refractivity contribution in [3.8, 4) is 0 Å². The molecule has 148 valence electrons. The van der Waals surface area contributed by atoms with Crippen LogP contribution in [0, 0.1) is 0 Å². The van der Waals surface area contributed by atoms with Gasteiger partial charge in [0, 0.05) is 6.54 Å². The SMILES string of the molecule is COC(=O)[C@H](COC[C@@H]1CCCN1C(=O)O)NC(=O)OCc1ccccc1. The third-order valence-corrected chi connectivity index (χ3v) is 4.21. The number of likely N-dealkylation sites (tertiary alicyclic amines) is 1. The number of nitrogens with zero attached hydrogens (tertiary/aromatic N) is 1. The highest BCUT2D eigenvalue weighted by Gasteiger charge is 2.29. The van der Waals surface area contributed by atoms with Crippen LogP contribution in [-0.4, -0.2) is 67.1 Å². The van der Waals surface area contributed by atoms with Gasteiger partial charge in [-0.25, -0.2) is 14.4 Å². The van der Waals surface area contributed by atoms with Crippen molar-refractivity contribution in [2.24, 2.45) is 0 Å². The van der Waals surface area contributed by atoms with Crippen LogP contribution in [0.4, 0.5) is 9.59 Å². The number of nitrogens with one attached hydrogen (secondary N) is 1. The lowest BCUT2D eigenvalue weighted by molar-refractivity contribution is -0.144. The van der Waals surface area contributed by atoms with Crippen LogP contribution in [0.5, 0.6) is 0 Å². The second-order valence-corrected chi connectivity index (χ2v) is 6.09. The van der Waals surface area contributed by atoms with Gasteiger partial charge in [0.2, 0.25) is 0 Å². The van der Waals surface area contributed by atoms with Crippen LogP contribution < -0.4 is 5.32 Å². The summed E-state index contributed by atoms with van der Waals surface area (Å²) in [6, 6.07) is 7.82. The summed E-state index contributed by atoms with van der Waals surface area (Å²) in [4.78, 5) is 36.2. The molecule has 2 atom stereocenters. The zero-order valence-electron chi connectivity index (χ0n) is 15.1. The van der Waals surface area contributed by atoms with E-state index in [4.69, 9.17) is 14.6 Å². The lowest BCUT2D eigenvalue weighted by Gasteiger charge is -2.22. The number of hydrogen-bond donors (Lipinski definition) is 2. The second-order valence-electron chi connectivity index (χ2n) is 6.09. The number of carboxylic acid groups (broad SMARTS) is 1. The van der Waals surface area contributed by atoms with Gasteiger partial charge in [-0.3, -0.25) is 0 Å². The van der Waals surface area contributed by atoms with Gasteiger partial charge in [-0.15, -0.1) is 0 Å². The number of carbonyl (C=O) groups excluding carboxylic acids is 2. The lowest BCUT2D eigenvalue weighted by atomic mass is 10.2. The largest absolute Gasteiger partial charge is 0.467 e. The fraction of sp³-hybridized carbons (Fsp3) is 0.500. The molecular formula is C18H24N2O7. The number of rotatable bonds is 8. The summed E-state index contributed by atoms with van der Waals surface area (Å²) in [5.74, 6) is -0.673. The third kappa shape index (κ3) is 6.45. The minimum atomic E-state index is -1.04. The Hall–Kier alpha value is -2.81. The highest BCUT2D eigenvalue weighted by Crippen LogP contribution is 2.17. The van der Waals surface area contributed by atoms with Gasteiger partial charge >= 0.3 is 18.2 Å². The first kappa shape index (κ1) is 20.5. The standard InChI is InChI=1S/C18H24N2O7/c1-25-16(21)15(12-26-11-14-8-5-9-20(14)18(23)24)19-17(22)27-10-13-6-3-2-4-7-13/h2-4,6-7,14-15H,5,8-12H2,1H3,(H,19,22)(H,23,24)/t14-,15-/m0/s1. The smallest absolute Gasteiger partial charge is 0.408 e. The highest BCUT2D eigenvalue weighted by molar-refractivity contribution is 5.81. The first-order chi connectivity index (χ1) is 13.0.